The Labute approximate surface area is 98.1 Å². The van der Waals surface area contributed by atoms with E-state index in [1.807, 2.05) is 37.3 Å². The van der Waals surface area contributed by atoms with Gasteiger partial charge in [0.1, 0.15) is 0 Å². The van der Waals surface area contributed by atoms with Gasteiger partial charge in [0, 0.05) is 5.69 Å². The molecule has 0 atom stereocenters. The summed E-state index contributed by atoms with van der Waals surface area (Å²) in [6.45, 7) is 1.90. The number of hydrogen-bond donors (Lipinski definition) is 2. The first-order chi connectivity index (χ1) is 8.27. The van der Waals surface area contributed by atoms with Crippen LogP contribution in [0.15, 0.2) is 47.3 Å². The average Bonchev–Trinajstić information content (AvgIpc) is 2.69. The summed E-state index contributed by atoms with van der Waals surface area (Å²) in [5.74, 6) is 0. The zero-order valence-electron chi connectivity index (χ0n) is 9.45. The Morgan fingerprint density at radius 3 is 2.47 bits per heavy atom. The third-order valence-electron chi connectivity index (χ3n) is 3.02. The molecule has 0 saturated carbocycles. The van der Waals surface area contributed by atoms with Crippen molar-refractivity contribution in [2.24, 2.45) is 0 Å². The molecule has 1 heterocycles. The first-order valence-corrected chi connectivity index (χ1v) is 5.53. The van der Waals surface area contributed by atoms with Gasteiger partial charge in [0.15, 0.2) is 0 Å². The molecule has 0 aliphatic rings. The van der Waals surface area contributed by atoms with Crippen molar-refractivity contribution >= 4 is 10.8 Å². The number of rotatable bonds is 1. The molecule has 0 aliphatic heterocycles. The highest BCUT2D eigenvalue weighted by molar-refractivity contribution is 5.96. The molecule has 0 saturated heterocycles. The van der Waals surface area contributed by atoms with Gasteiger partial charge in [-0.15, -0.1) is 0 Å². The standard InChI is InChI=1S/C14H12N2O/c1-9-13(14(17)16-15-9)12-8-4-6-10-5-2-3-7-11(10)12/h2-8H,1H3,(H2,15,16,17). The van der Waals surface area contributed by atoms with E-state index in [-0.39, 0.29) is 5.56 Å². The quantitative estimate of drug-likeness (QED) is 0.656. The number of fused-ring (bicyclic) bond motifs is 1. The van der Waals surface area contributed by atoms with Gasteiger partial charge in [-0.25, -0.2) is 0 Å². The Balaban J connectivity index is 2.43. The van der Waals surface area contributed by atoms with E-state index in [0.717, 1.165) is 27.6 Å². The van der Waals surface area contributed by atoms with E-state index >= 15 is 0 Å². The maximum absolute atomic E-state index is 11.8. The van der Waals surface area contributed by atoms with Crippen LogP contribution in [0.4, 0.5) is 0 Å². The predicted molar refractivity (Wildman–Crippen MR) is 69.1 cm³/mol. The molecule has 0 unspecified atom stereocenters. The molecule has 0 fully saturated rings. The fraction of sp³-hybridized carbons (Fsp3) is 0.0714. The van der Waals surface area contributed by atoms with E-state index in [4.69, 9.17) is 0 Å². The lowest BCUT2D eigenvalue weighted by atomic mass is 9.99. The largest absolute Gasteiger partial charge is 0.302 e. The van der Waals surface area contributed by atoms with Crippen LogP contribution in [0.25, 0.3) is 21.9 Å². The molecular formula is C14H12N2O. The molecule has 3 rings (SSSR count). The van der Waals surface area contributed by atoms with Crippen LogP contribution in [0.2, 0.25) is 0 Å². The molecule has 0 radical (unpaired) electrons. The molecule has 0 aliphatic carbocycles. The molecule has 17 heavy (non-hydrogen) atoms. The maximum atomic E-state index is 11.8. The zero-order valence-corrected chi connectivity index (χ0v) is 9.45. The predicted octanol–water partition coefficient (Wildman–Crippen LogP) is 2.83. The Bertz CT molecular complexity index is 732. The minimum absolute atomic E-state index is 0.0705. The number of hydrogen-bond acceptors (Lipinski definition) is 1. The lowest BCUT2D eigenvalue weighted by Crippen LogP contribution is -2.02. The van der Waals surface area contributed by atoms with Crippen molar-refractivity contribution in [3.8, 4) is 11.1 Å². The molecule has 84 valence electrons. The van der Waals surface area contributed by atoms with Crippen molar-refractivity contribution in [1.29, 1.82) is 0 Å². The van der Waals surface area contributed by atoms with Crippen LogP contribution in [0, 0.1) is 6.92 Å². The highest BCUT2D eigenvalue weighted by Gasteiger charge is 2.11. The average molecular weight is 224 g/mol. The van der Waals surface area contributed by atoms with Gasteiger partial charge in [-0.05, 0) is 23.3 Å². The summed E-state index contributed by atoms with van der Waals surface area (Å²) in [7, 11) is 0. The van der Waals surface area contributed by atoms with Gasteiger partial charge in [-0.1, -0.05) is 42.5 Å². The van der Waals surface area contributed by atoms with Crippen LogP contribution in [-0.4, -0.2) is 10.2 Å². The Kier molecular flexibility index (Phi) is 2.11. The molecule has 2 aromatic carbocycles. The highest BCUT2D eigenvalue weighted by atomic mass is 16.1. The first kappa shape index (κ1) is 9.90. The number of H-pyrrole nitrogens is 2. The Hall–Kier alpha value is -2.29. The van der Waals surface area contributed by atoms with Crippen LogP contribution in [-0.2, 0) is 0 Å². The SMILES string of the molecule is Cc1[nH][nH]c(=O)c1-c1cccc2ccccc12. The lowest BCUT2D eigenvalue weighted by Gasteiger charge is -2.04. The van der Waals surface area contributed by atoms with Crippen LogP contribution in [0.1, 0.15) is 5.69 Å². The fourth-order valence-electron chi connectivity index (χ4n) is 2.21. The second kappa shape index (κ2) is 3.63. The van der Waals surface area contributed by atoms with E-state index in [9.17, 15) is 4.79 Å². The molecule has 0 amide bonds. The number of nitrogens with one attached hydrogen (secondary N) is 2. The Morgan fingerprint density at radius 1 is 0.941 bits per heavy atom. The molecule has 1 aromatic heterocycles. The fourth-order valence-corrected chi connectivity index (χ4v) is 2.21. The van der Waals surface area contributed by atoms with E-state index in [1.165, 1.54) is 0 Å². The number of aryl methyl sites for hydroxylation is 1. The summed E-state index contributed by atoms with van der Waals surface area (Å²) in [5, 5.41) is 7.73. The summed E-state index contributed by atoms with van der Waals surface area (Å²) in [4.78, 5) is 11.8. The lowest BCUT2D eigenvalue weighted by molar-refractivity contribution is 1.02. The third-order valence-corrected chi connectivity index (χ3v) is 3.02. The summed E-state index contributed by atoms with van der Waals surface area (Å²) < 4.78 is 0. The molecule has 3 heteroatoms. The van der Waals surface area contributed by atoms with E-state index < -0.39 is 0 Å². The second-order valence-electron chi connectivity index (χ2n) is 4.11. The van der Waals surface area contributed by atoms with Crippen molar-refractivity contribution in [3.05, 3.63) is 58.5 Å². The smallest absolute Gasteiger partial charge is 0.272 e. The van der Waals surface area contributed by atoms with Crippen molar-refractivity contribution in [2.75, 3.05) is 0 Å². The molecule has 0 spiro atoms. The van der Waals surface area contributed by atoms with Gasteiger partial charge in [-0.3, -0.25) is 9.89 Å². The third kappa shape index (κ3) is 1.47. The molecule has 3 aromatic rings. The van der Waals surface area contributed by atoms with E-state index in [1.54, 1.807) is 0 Å². The van der Waals surface area contributed by atoms with Crippen LogP contribution >= 0.6 is 0 Å². The molecular weight excluding hydrogens is 212 g/mol. The second-order valence-corrected chi connectivity index (χ2v) is 4.11. The number of aromatic nitrogens is 2. The van der Waals surface area contributed by atoms with Crippen LogP contribution in [0.5, 0.6) is 0 Å². The number of benzene rings is 2. The molecule has 3 nitrogen and oxygen atoms in total. The Morgan fingerprint density at radius 2 is 1.71 bits per heavy atom. The van der Waals surface area contributed by atoms with Crippen molar-refractivity contribution in [1.82, 2.24) is 10.2 Å². The van der Waals surface area contributed by atoms with Crippen molar-refractivity contribution in [2.45, 2.75) is 6.92 Å². The summed E-state index contributed by atoms with van der Waals surface area (Å²) in [6, 6.07) is 14.1. The molecule has 0 bridgehead atoms. The van der Waals surface area contributed by atoms with Crippen LogP contribution < -0.4 is 5.56 Å². The van der Waals surface area contributed by atoms with E-state index in [2.05, 4.69) is 22.3 Å². The minimum atomic E-state index is -0.0705. The van der Waals surface area contributed by atoms with Crippen molar-refractivity contribution < 1.29 is 0 Å². The normalized spacial score (nSPS) is 10.9. The van der Waals surface area contributed by atoms with Gasteiger partial charge < -0.3 is 5.10 Å². The summed E-state index contributed by atoms with van der Waals surface area (Å²) >= 11 is 0. The van der Waals surface area contributed by atoms with Gasteiger partial charge in [-0.2, -0.15) is 0 Å². The number of aromatic amines is 2. The van der Waals surface area contributed by atoms with E-state index in [0.29, 0.717) is 0 Å². The van der Waals surface area contributed by atoms with Gasteiger partial charge in [0.05, 0.1) is 5.56 Å². The maximum Gasteiger partial charge on any atom is 0.272 e. The van der Waals surface area contributed by atoms with Crippen LogP contribution in [0.3, 0.4) is 0 Å². The van der Waals surface area contributed by atoms with Gasteiger partial charge in [0.25, 0.3) is 5.56 Å². The van der Waals surface area contributed by atoms with Gasteiger partial charge in [0.2, 0.25) is 0 Å². The zero-order chi connectivity index (χ0) is 11.8. The monoisotopic (exact) mass is 224 g/mol. The van der Waals surface area contributed by atoms with Crippen molar-refractivity contribution in [3.63, 3.8) is 0 Å². The topological polar surface area (TPSA) is 48.6 Å². The minimum Gasteiger partial charge on any atom is -0.302 e. The summed E-state index contributed by atoms with van der Waals surface area (Å²) in [5.41, 5.74) is 2.50. The highest BCUT2D eigenvalue weighted by Crippen LogP contribution is 2.27. The molecule has 2 N–H and O–H groups in total. The van der Waals surface area contributed by atoms with Gasteiger partial charge >= 0.3 is 0 Å². The first-order valence-electron chi connectivity index (χ1n) is 5.53. The summed E-state index contributed by atoms with van der Waals surface area (Å²) in [6.07, 6.45) is 0.